The number of hydrogen-bond donors (Lipinski definition) is 17. The highest BCUT2D eigenvalue weighted by atomic mass is 16.7. The normalized spacial score (nSPS) is 12.5. The van der Waals surface area contributed by atoms with Gasteiger partial charge in [0.05, 0.1) is 72.7 Å². The molecule has 0 aromatic rings. The van der Waals surface area contributed by atoms with Crippen molar-refractivity contribution in [3.63, 3.8) is 0 Å². The molecule has 2 amide bonds. The third kappa shape index (κ3) is 43.5. The van der Waals surface area contributed by atoms with Crippen LogP contribution in [0.4, 0.5) is 0 Å². The summed E-state index contributed by atoms with van der Waals surface area (Å²) in [6, 6.07) is 0. The zero-order chi connectivity index (χ0) is 40.8. The highest BCUT2D eigenvalue weighted by Crippen LogP contribution is 2.13. The molecule has 0 saturated carbocycles. The van der Waals surface area contributed by atoms with Gasteiger partial charge in [0.25, 0.3) is 11.8 Å². The largest absolute Gasteiger partial charge is 0.463 e. The van der Waals surface area contributed by atoms with Crippen LogP contribution in [0.1, 0.15) is 32.1 Å². The Kier molecular flexibility index (Phi) is 47.3. The van der Waals surface area contributed by atoms with Crippen LogP contribution in [0.5, 0.6) is 0 Å². The zero-order valence-corrected chi connectivity index (χ0v) is 28.0. The average molecular weight is 764 g/mol. The first kappa shape index (κ1) is 57.7. The molecule has 0 bridgehead atoms. The van der Waals surface area contributed by atoms with Gasteiger partial charge >= 0.3 is 11.9 Å². The molecule has 1 saturated heterocycles. The maximum Gasteiger partial charge on any atom is 0.333 e. The SMILES string of the molecule is O=C(CCCC(=O)ON1C(=O)CCC1=O)OCC(O)CO.OCC(O)CO.OCC(O)CO.OCC(O)CO.OCC(O)CO.OCC(O)CO. The Morgan fingerprint density at radius 1 is 0.471 bits per heavy atom. The average Bonchev–Trinajstić information content (AvgIpc) is 3.48. The molecule has 51 heavy (non-hydrogen) atoms. The number of carbonyl (C=O) groups excluding carboxylic acids is 4. The highest BCUT2D eigenvalue weighted by molar-refractivity contribution is 6.01. The first-order valence-electron chi connectivity index (χ1n) is 15.0. The summed E-state index contributed by atoms with van der Waals surface area (Å²) in [5, 5.41) is 138. The molecule has 24 nitrogen and oxygen atoms in total. The Balaban J connectivity index is -0.000000193. The first-order chi connectivity index (χ1) is 24.0. The Labute approximate surface area is 292 Å². The fourth-order valence-electron chi connectivity index (χ4n) is 1.79. The molecular weight excluding hydrogens is 706 g/mol. The van der Waals surface area contributed by atoms with E-state index in [1.165, 1.54) is 0 Å². The van der Waals surface area contributed by atoms with Gasteiger partial charge < -0.3 is 96.4 Å². The number of ether oxygens (including phenoxy) is 1. The van der Waals surface area contributed by atoms with Crippen molar-refractivity contribution in [3.8, 4) is 0 Å². The Hall–Kier alpha value is -2.60. The van der Waals surface area contributed by atoms with Crippen LogP contribution in [0.3, 0.4) is 0 Å². The third-order valence-electron chi connectivity index (χ3n) is 4.72. The van der Waals surface area contributed by atoms with Crippen molar-refractivity contribution in [2.24, 2.45) is 0 Å². The minimum Gasteiger partial charge on any atom is -0.463 e. The molecule has 1 unspecified atom stereocenters. The summed E-state index contributed by atoms with van der Waals surface area (Å²) in [4.78, 5) is 49.6. The quantitative estimate of drug-likeness (QED) is 0.0455. The van der Waals surface area contributed by atoms with Gasteiger partial charge in [-0.3, -0.25) is 14.4 Å². The lowest BCUT2D eigenvalue weighted by Crippen LogP contribution is -2.32. The van der Waals surface area contributed by atoms with Gasteiger partial charge in [-0.2, -0.15) is 0 Å². The van der Waals surface area contributed by atoms with Crippen LogP contribution in [0.2, 0.25) is 0 Å². The molecule has 1 aliphatic rings. The maximum absolute atomic E-state index is 11.4. The molecule has 0 aromatic heterocycles. The summed E-state index contributed by atoms with van der Waals surface area (Å²) in [5.41, 5.74) is 0. The van der Waals surface area contributed by atoms with E-state index in [0.29, 0.717) is 5.06 Å². The first-order valence-corrected chi connectivity index (χ1v) is 15.0. The highest BCUT2D eigenvalue weighted by Gasteiger charge is 2.32. The molecule has 0 aromatic carbocycles. The molecule has 1 rings (SSSR count). The lowest BCUT2D eigenvalue weighted by atomic mass is 10.2. The number of nitrogens with zero attached hydrogens (tertiary/aromatic N) is 1. The Bertz CT molecular complexity index is 715. The molecule has 308 valence electrons. The number of aliphatic hydroxyl groups is 17. The van der Waals surface area contributed by atoms with Crippen LogP contribution < -0.4 is 0 Å². The zero-order valence-electron chi connectivity index (χ0n) is 28.0. The summed E-state index contributed by atoms with van der Waals surface area (Å²) in [6.45, 7) is -4.49. The number of hydrogen-bond acceptors (Lipinski definition) is 23. The molecule has 1 atom stereocenters. The van der Waals surface area contributed by atoms with E-state index in [2.05, 4.69) is 9.57 Å². The Morgan fingerprint density at radius 2 is 0.725 bits per heavy atom. The smallest absolute Gasteiger partial charge is 0.333 e. The van der Waals surface area contributed by atoms with Crippen LogP contribution in [-0.2, 0) is 28.8 Å². The number of esters is 1. The van der Waals surface area contributed by atoms with Crippen molar-refractivity contribution in [1.29, 1.82) is 0 Å². The Morgan fingerprint density at radius 3 is 0.961 bits per heavy atom. The van der Waals surface area contributed by atoms with E-state index in [0.717, 1.165) is 0 Å². The van der Waals surface area contributed by atoms with Crippen molar-refractivity contribution in [3.05, 3.63) is 0 Å². The van der Waals surface area contributed by atoms with E-state index in [1.807, 2.05) is 0 Å². The predicted octanol–water partition coefficient (Wildman–Crippen LogP) is -9.68. The fraction of sp³-hybridized carbons (Fsp3) is 0.852. The van der Waals surface area contributed by atoms with E-state index < -0.39 is 67.0 Å². The fourth-order valence-corrected chi connectivity index (χ4v) is 1.79. The molecule has 0 aliphatic carbocycles. The van der Waals surface area contributed by atoms with Gasteiger partial charge in [-0.1, -0.05) is 0 Å². The summed E-state index contributed by atoms with van der Waals surface area (Å²) >= 11 is 0. The second-order valence-corrected chi connectivity index (χ2v) is 9.51. The van der Waals surface area contributed by atoms with Crippen molar-refractivity contribution < 1.29 is 116 Å². The van der Waals surface area contributed by atoms with E-state index in [-0.39, 0.29) is 105 Å². The number of rotatable bonds is 18. The van der Waals surface area contributed by atoms with Crippen molar-refractivity contribution in [2.75, 3.05) is 79.3 Å². The topological polar surface area (TPSA) is 434 Å². The predicted molar refractivity (Wildman–Crippen MR) is 166 cm³/mol. The van der Waals surface area contributed by atoms with Crippen LogP contribution in [0.15, 0.2) is 0 Å². The van der Waals surface area contributed by atoms with E-state index >= 15 is 0 Å². The van der Waals surface area contributed by atoms with Crippen LogP contribution in [0.25, 0.3) is 0 Å². The lowest BCUT2D eigenvalue weighted by Gasteiger charge is -2.12. The second kappa shape index (κ2) is 41.8. The molecule has 17 N–H and O–H groups in total. The minimum atomic E-state index is -1.13. The molecule has 1 fully saturated rings. The number of aliphatic hydroxyl groups excluding tert-OH is 17. The number of hydroxylamine groups is 2. The summed E-state index contributed by atoms with van der Waals surface area (Å²) in [5.74, 6) is -2.55. The van der Waals surface area contributed by atoms with E-state index in [1.54, 1.807) is 0 Å². The lowest BCUT2D eigenvalue weighted by molar-refractivity contribution is -0.197. The number of carbonyl (C=O) groups is 4. The molecule has 0 spiro atoms. The molecule has 1 aliphatic heterocycles. The summed E-state index contributed by atoms with van der Waals surface area (Å²) in [6.07, 6.45) is -5.99. The number of imide groups is 1. The molecule has 24 heteroatoms. The standard InChI is InChI=1S/C12H17NO8.5C3H8O3/c14-6-8(15)7-20-11(18)2-1-3-12(19)21-13-9(16)4-5-10(13)17;5*4-1-3(6)2-5/h8,14-15H,1-7H2;5*3-6H,1-2H2. The van der Waals surface area contributed by atoms with Crippen molar-refractivity contribution in [2.45, 2.75) is 68.7 Å². The van der Waals surface area contributed by atoms with Gasteiger partial charge in [-0.25, -0.2) is 4.79 Å². The van der Waals surface area contributed by atoms with Gasteiger partial charge in [0.15, 0.2) is 0 Å². The van der Waals surface area contributed by atoms with Crippen LogP contribution in [-0.4, -0.2) is 232 Å². The minimum absolute atomic E-state index is 0.0195. The molecular formula is C27H57NO23. The maximum atomic E-state index is 11.4. The van der Waals surface area contributed by atoms with E-state index in [4.69, 9.17) is 86.8 Å². The van der Waals surface area contributed by atoms with Crippen LogP contribution in [0, 0.1) is 0 Å². The summed E-state index contributed by atoms with van der Waals surface area (Å²) < 4.78 is 4.62. The summed E-state index contributed by atoms with van der Waals surface area (Å²) in [7, 11) is 0. The molecule has 1 heterocycles. The van der Waals surface area contributed by atoms with Gasteiger partial charge in [0, 0.05) is 25.7 Å². The van der Waals surface area contributed by atoms with Gasteiger partial charge in [0.2, 0.25) is 0 Å². The number of amides is 2. The van der Waals surface area contributed by atoms with Crippen molar-refractivity contribution in [1.82, 2.24) is 5.06 Å². The van der Waals surface area contributed by atoms with Crippen molar-refractivity contribution >= 4 is 23.8 Å². The second-order valence-electron chi connectivity index (χ2n) is 9.51. The van der Waals surface area contributed by atoms with Crippen LogP contribution >= 0.6 is 0 Å². The van der Waals surface area contributed by atoms with Gasteiger partial charge in [-0.05, 0) is 6.42 Å². The van der Waals surface area contributed by atoms with Gasteiger partial charge in [0.1, 0.15) is 43.2 Å². The third-order valence-corrected chi connectivity index (χ3v) is 4.72. The monoisotopic (exact) mass is 763 g/mol. The van der Waals surface area contributed by atoms with Gasteiger partial charge in [-0.15, -0.1) is 5.06 Å². The molecule has 0 radical (unpaired) electrons. The van der Waals surface area contributed by atoms with E-state index in [9.17, 15) is 19.2 Å².